The van der Waals surface area contributed by atoms with Crippen LogP contribution in [0.3, 0.4) is 0 Å². The van der Waals surface area contributed by atoms with Gasteiger partial charge < -0.3 is 19.3 Å². The van der Waals surface area contributed by atoms with Gasteiger partial charge in [0.05, 0.1) is 19.7 Å². The molecule has 1 fully saturated rings. The maximum absolute atomic E-state index is 12.2. The predicted molar refractivity (Wildman–Crippen MR) is 103 cm³/mol. The molecule has 3 aromatic rings. The van der Waals surface area contributed by atoms with Gasteiger partial charge in [0.15, 0.2) is 11.6 Å². The highest BCUT2D eigenvalue weighted by Crippen LogP contribution is 2.36. The Morgan fingerprint density at radius 2 is 2.00 bits per heavy atom. The van der Waals surface area contributed by atoms with Crippen molar-refractivity contribution in [3.63, 3.8) is 0 Å². The third kappa shape index (κ3) is 2.78. The number of carbonyl (C=O) groups is 1. The number of hydrogen-bond acceptors (Lipinski definition) is 5. The van der Waals surface area contributed by atoms with Gasteiger partial charge in [-0.15, -0.1) is 10.2 Å². The lowest BCUT2D eigenvalue weighted by Gasteiger charge is -2.34. The summed E-state index contributed by atoms with van der Waals surface area (Å²) in [6.07, 6.45) is 0.936. The molecule has 1 aromatic heterocycles. The molecular formula is C21H22N4O3. The van der Waals surface area contributed by atoms with Crippen molar-refractivity contribution in [2.75, 3.05) is 19.7 Å². The van der Waals surface area contributed by atoms with Crippen LogP contribution in [0.2, 0.25) is 0 Å². The molecule has 3 heterocycles. The van der Waals surface area contributed by atoms with Gasteiger partial charge >= 0.3 is 0 Å². The largest absolute Gasteiger partial charge is 0.396 e. The van der Waals surface area contributed by atoms with E-state index in [4.69, 9.17) is 9.84 Å². The topological polar surface area (TPSA) is 80.5 Å². The summed E-state index contributed by atoms with van der Waals surface area (Å²) in [7, 11) is 0. The van der Waals surface area contributed by atoms with Gasteiger partial charge in [0, 0.05) is 18.5 Å². The summed E-state index contributed by atoms with van der Waals surface area (Å²) in [5, 5.41) is 20.2. The monoisotopic (exact) mass is 378 g/mol. The van der Waals surface area contributed by atoms with E-state index in [9.17, 15) is 4.79 Å². The van der Waals surface area contributed by atoms with E-state index < -0.39 is 5.60 Å². The van der Waals surface area contributed by atoms with Crippen LogP contribution in [0.4, 0.5) is 0 Å². The molecule has 2 aliphatic rings. The van der Waals surface area contributed by atoms with Gasteiger partial charge in [-0.05, 0) is 17.2 Å². The first-order valence-corrected chi connectivity index (χ1v) is 9.62. The minimum absolute atomic E-state index is 0.0215. The number of nitrogens with zero attached hydrogens (tertiary/aromatic N) is 4. The maximum Gasteiger partial charge on any atom is 0.224 e. The minimum Gasteiger partial charge on any atom is -0.396 e. The summed E-state index contributed by atoms with van der Waals surface area (Å²) in [5.41, 5.74) is 0.639. The van der Waals surface area contributed by atoms with E-state index in [-0.39, 0.29) is 18.9 Å². The summed E-state index contributed by atoms with van der Waals surface area (Å²) < 4.78 is 8.31. The highest BCUT2D eigenvalue weighted by molar-refractivity contribution is 5.95. The van der Waals surface area contributed by atoms with Crippen molar-refractivity contribution >= 4 is 16.7 Å². The summed E-state index contributed by atoms with van der Waals surface area (Å²) in [5.74, 6) is 1.63. The van der Waals surface area contributed by atoms with E-state index in [1.54, 1.807) is 4.90 Å². The second-order valence-corrected chi connectivity index (χ2v) is 7.56. The SMILES string of the molecule is O=C(CCO)N1CCC2(C1)Cn1c(nnc1-c1cccc3ccccc13)CO2. The van der Waals surface area contributed by atoms with Gasteiger partial charge in [-0.3, -0.25) is 4.79 Å². The fourth-order valence-electron chi connectivity index (χ4n) is 4.34. The van der Waals surface area contributed by atoms with E-state index in [1.807, 2.05) is 18.2 Å². The summed E-state index contributed by atoms with van der Waals surface area (Å²) in [6.45, 7) is 2.08. The van der Waals surface area contributed by atoms with E-state index in [2.05, 4.69) is 39.0 Å². The third-order valence-corrected chi connectivity index (χ3v) is 5.81. The van der Waals surface area contributed by atoms with Gasteiger partial charge in [-0.1, -0.05) is 42.5 Å². The molecule has 7 heteroatoms. The molecule has 0 radical (unpaired) electrons. The molecule has 0 saturated carbocycles. The zero-order chi connectivity index (χ0) is 19.1. The summed E-state index contributed by atoms with van der Waals surface area (Å²) >= 11 is 0. The molecule has 7 nitrogen and oxygen atoms in total. The maximum atomic E-state index is 12.2. The second kappa shape index (κ2) is 6.68. The Morgan fingerprint density at radius 3 is 2.89 bits per heavy atom. The van der Waals surface area contributed by atoms with Crippen LogP contribution in [0.15, 0.2) is 42.5 Å². The first-order chi connectivity index (χ1) is 13.7. The fraction of sp³-hybridized carbons (Fsp3) is 0.381. The molecular weight excluding hydrogens is 356 g/mol. The average molecular weight is 378 g/mol. The number of amides is 1. The number of fused-ring (bicyclic) bond motifs is 2. The Bertz CT molecular complexity index is 1040. The standard InChI is InChI=1S/C21H22N4O3/c26-11-8-19(27)24-10-9-21(13-24)14-25-18(12-28-21)22-23-20(25)17-7-3-5-15-4-1-2-6-16(15)17/h1-7,26H,8-14H2. The van der Waals surface area contributed by atoms with Crippen molar-refractivity contribution in [1.82, 2.24) is 19.7 Å². The highest BCUT2D eigenvalue weighted by Gasteiger charge is 2.44. The summed E-state index contributed by atoms with van der Waals surface area (Å²) in [4.78, 5) is 14.0. The van der Waals surface area contributed by atoms with Gasteiger partial charge in [0.1, 0.15) is 12.2 Å². The molecule has 1 spiro atoms. The first kappa shape index (κ1) is 17.3. The molecule has 2 aromatic carbocycles. The number of rotatable bonds is 3. The van der Waals surface area contributed by atoms with Crippen molar-refractivity contribution in [1.29, 1.82) is 0 Å². The fourth-order valence-corrected chi connectivity index (χ4v) is 4.34. The Morgan fingerprint density at radius 1 is 1.14 bits per heavy atom. The lowest BCUT2D eigenvalue weighted by atomic mass is 10.0. The second-order valence-electron chi connectivity index (χ2n) is 7.56. The Kier molecular flexibility index (Phi) is 4.14. The zero-order valence-corrected chi connectivity index (χ0v) is 15.5. The average Bonchev–Trinajstić information content (AvgIpc) is 3.32. The van der Waals surface area contributed by atoms with Gasteiger partial charge in [-0.2, -0.15) is 0 Å². The number of aromatic nitrogens is 3. The van der Waals surface area contributed by atoms with Gasteiger partial charge in [-0.25, -0.2) is 0 Å². The smallest absolute Gasteiger partial charge is 0.224 e. The van der Waals surface area contributed by atoms with Crippen molar-refractivity contribution < 1.29 is 14.6 Å². The lowest BCUT2D eigenvalue weighted by molar-refractivity contribution is -0.134. The molecule has 1 saturated heterocycles. The number of ether oxygens (including phenoxy) is 1. The Hall–Kier alpha value is -2.77. The van der Waals surface area contributed by atoms with Gasteiger partial charge in [0.25, 0.3) is 0 Å². The van der Waals surface area contributed by atoms with E-state index in [0.29, 0.717) is 26.2 Å². The first-order valence-electron chi connectivity index (χ1n) is 9.62. The molecule has 1 amide bonds. The van der Waals surface area contributed by atoms with Crippen LogP contribution in [-0.2, 0) is 22.7 Å². The van der Waals surface area contributed by atoms with Crippen LogP contribution in [0, 0.1) is 0 Å². The zero-order valence-electron chi connectivity index (χ0n) is 15.5. The predicted octanol–water partition coefficient (Wildman–Crippen LogP) is 1.98. The number of aliphatic hydroxyl groups excluding tert-OH is 1. The highest BCUT2D eigenvalue weighted by atomic mass is 16.5. The number of benzene rings is 2. The van der Waals surface area contributed by atoms with Crippen LogP contribution < -0.4 is 0 Å². The summed E-state index contributed by atoms with van der Waals surface area (Å²) in [6, 6.07) is 14.5. The normalized spacial score (nSPS) is 21.4. The van der Waals surface area contributed by atoms with Crippen molar-refractivity contribution in [3.05, 3.63) is 48.3 Å². The van der Waals surface area contributed by atoms with Crippen molar-refractivity contribution in [3.8, 4) is 11.4 Å². The lowest BCUT2D eigenvalue weighted by Crippen LogP contribution is -2.45. The molecule has 2 aliphatic heterocycles. The quantitative estimate of drug-likeness (QED) is 0.754. The molecule has 0 aliphatic carbocycles. The van der Waals surface area contributed by atoms with E-state index >= 15 is 0 Å². The molecule has 1 N–H and O–H groups in total. The Labute approximate surface area is 162 Å². The number of likely N-dealkylation sites (tertiary alicyclic amines) is 1. The number of carbonyl (C=O) groups excluding carboxylic acids is 1. The third-order valence-electron chi connectivity index (χ3n) is 5.81. The molecule has 5 rings (SSSR count). The Balaban J connectivity index is 1.49. The molecule has 1 unspecified atom stereocenters. The van der Waals surface area contributed by atoms with Crippen LogP contribution in [-0.4, -0.2) is 56.0 Å². The van der Waals surface area contributed by atoms with Crippen LogP contribution in [0.25, 0.3) is 22.2 Å². The van der Waals surface area contributed by atoms with Gasteiger partial charge in [0.2, 0.25) is 5.91 Å². The number of aliphatic hydroxyl groups is 1. The van der Waals surface area contributed by atoms with Crippen LogP contribution >= 0.6 is 0 Å². The van der Waals surface area contributed by atoms with Crippen molar-refractivity contribution in [2.24, 2.45) is 0 Å². The van der Waals surface area contributed by atoms with Crippen LogP contribution in [0.1, 0.15) is 18.7 Å². The van der Waals surface area contributed by atoms with E-state index in [1.165, 1.54) is 5.39 Å². The molecule has 144 valence electrons. The van der Waals surface area contributed by atoms with Crippen molar-refractivity contribution in [2.45, 2.75) is 31.6 Å². The van der Waals surface area contributed by atoms with Crippen LogP contribution in [0.5, 0.6) is 0 Å². The molecule has 28 heavy (non-hydrogen) atoms. The van der Waals surface area contributed by atoms with E-state index in [0.717, 1.165) is 29.0 Å². The number of hydrogen-bond donors (Lipinski definition) is 1. The molecule has 0 bridgehead atoms. The molecule has 1 atom stereocenters. The minimum atomic E-state index is -0.417.